The molecule has 0 saturated heterocycles. The highest BCUT2D eigenvalue weighted by Crippen LogP contribution is 2.39. The van der Waals surface area contributed by atoms with E-state index in [0.717, 1.165) is 5.56 Å². The molecule has 1 aliphatic rings. The van der Waals surface area contributed by atoms with Gasteiger partial charge in [0.25, 0.3) is 0 Å². The topological polar surface area (TPSA) is 65.5 Å². The maximum Gasteiger partial charge on any atom is 0.310 e. The van der Waals surface area contributed by atoms with Gasteiger partial charge in [0.05, 0.1) is 5.56 Å². The summed E-state index contributed by atoms with van der Waals surface area (Å²) in [5, 5.41) is 0. The number of nitrogens with zero attached hydrogens (tertiary/aromatic N) is 1. The highest BCUT2D eigenvalue weighted by atomic mass is 16.5. The summed E-state index contributed by atoms with van der Waals surface area (Å²) in [7, 11) is 0. The lowest BCUT2D eigenvalue weighted by atomic mass is 10.1. The second-order valence-corrected chi connectivity index (χ2v) is 5.12. The number of hydrogen-bond acceptors (Lipinski definition) is 5. The molecule has 1 aliphatic heterocycles. The van der Waals surface area contributed by atoms with Crippen LogP contribution in [0.3, 0.4) is 0 Å². The third-order valence-corrected chi connectivity index (χ3v) is 3.53. The van der Waals surface area contributed by atoms with Crippen molar-refractivity contribution in [2.75, 3.05) is 0 Å². The lowest BCUT2D eigenvalue weighted by molar-refractivity contribution is -0.134. The zero-order chi connectivity index (χ0) is 16.4. The van der Waals surface area contributed by atoms with E-state index in [0.29, 0.717) is 22.6 Å². The van der Waals surface area contributed by atoms with Crippen LogP contribution in [-0.2, 0) is 4.79 Å². The van der Waals surface area contributed by atoms with Crippen molar-refractivity contribution in [2.45, 2.75) is 20.3 Å². The minimum Gasteiger partial charge on any atom is -0.452 e. The molecular formula is C18H15NO4. The molecule has 0 saturated carbocycles. The van der Waals surface area contributed by atoms with Gasteiger partial charge in [0, 0.05) is 24.4 Å². The summed E-state index contributed by atoms with van der Waals surface area (Å²) >= 11 is 0. The van der Waals surface area contributed by atoms with E-state index in [2.05, 4.69) is 4.98 Å². The Labute approximate surface area is 133 Å². The number of pyridine rings is 1. The first-order chi connectivity index (χ1) is 11.1. The number of carbonyl (C=O) groups excluding carboxylic acids is 2. The van der Waals surface area contributed by atoms with Crippen molar-refractivity contribution < 1.29 is 19.1 Å². The third-order valence-electron chi connectivity index (χ3n) is 3.53. The number of carbonyl (C=O) groups is 2. The molecule has 0 unspecified atom stereocenters. The zero-order valence-electron chi connectivity index (χ0n) is 12.8. The van der Waals surface area contributed by atoms with E-state index < -0.39 is 0 Å². The van der Waals surface area contributed by atoms with E-state index in [1.54, 1.807) is 50.5 Å². The molecule has 1 aromatic carbocycles. The van der Waals surface area contributed by atoms with Gasteiger partial charge in [0.1, 0.15) is 11.5 Å². The number of esters is 1. The molecule has 23 heavy (non-hydrogen) atoms. The molecular weight excluding hydrogens is 294 g/mol. The second kappa shape index (κ2) is 6.04. The monoisotopic (exact) mass is 309 g/mol. The molecule has 0 spiro atoms. The summed E-state index contributed by atoms with van der Waals surface area (Å²) in [6, 6.07) is 6.86. The maximum absolute atomic E-state index is 12.4. The van der Waals surface area contributed by atoms with Crippen LogP contribution in [0.4, 0.5) is 0 Å². The number of hydrogen-bond donors (Lipinski definition) is 0. The first-order valence-corrected chi connectivity index (χ1v) is 7.28. The Morgan fingerprint density at radius 2 is 2.17 bits per heavy atom. The standard InChI is InChI=1S/C18H15NO4/c1-3-16(20)22-14-7-6-13-17(21)15(23-18(13)11(14)2)9-12-5-4-8-19-10-12/h4-10H,3H2,1-2H3/b15-9-. The van der Waals surface area contributed by atoms with Crippen molar-refractivity contribution in [3.05, 3.63) is 59.1 Å². The Bertz CT molecular complexity index is 809. The minimum atomic E-state index is -0.330. The summed E-state index contributed by atoms with van der Waals surface area (Å²) in [5.74, 6) is 0.552. The number of Topliss-reactive ketones (excluding diaryl/α,β-unsaturated/α-hetero) is 1. The summed E-state index contributed by atoms with van der Waals surface area (Å²) in [6.07, 6.45) is 5.23. The predicted octanol–water partition coefficient (Wildman–Crippen LogP) is 3.32. The van der Waals surface area contributed by atoms with Gasteiger partial charge < -0.3 is 9.47 Å². The summed E-state index contributed by atoms with van der Waals surface area (Å²) < 4.78 is 11.0. The maximum atomic E-state index is 12.4. The van der Waals surface area contributed by atoms with Gasteiger partial charge in [0.15, 0.2) is 5.76 Å². The molecule has 5 nitrogen and oxygen atoms in total. The molecule has 0 amide bonds. The largest absolute Gasteiger partial charge is 0.452 e. The minimum absolute atomic E-state index is 0.194. The van der Waals surface area contributed by atoms with Crippen LogP contribution in [-0.4, -0.2) is 16.7 Å². The molecule has 0 radical (unpaired) electrons. The fraction of sp³-hybridized carbons (Fsp3) is 0.167. The van der Waals surface area contributed by atoms with Crippen LogP contribution in [0.2, 0.25) is 0 Å². The van der Waals surface area contributed by atoms with Crippen LogP contribution in [0.1, 0.15) is 34.8 Å². The fourth-order valence-corrected chi connectivity index (χ4v) is 2.29. The number of rotatable bonds is 3. The van der Waals surface area contributed by atoms with Crippen LogP contribution < -0.4 is 9.47 Å². The van der Waals surface area contributed by atoms with Crippen LogP contribution in [0.25, 0.3) is 6.08 Å². The first kappa shape index (κ1) is 15.0. The van der Waals surface area contributed by atoms with E-state index in [4.69, 9.17) is 9.47 Å². The Kier molecular flexibility index (Phi) is 3.93. The van der Waals surface area contributed by atoms with Gasteiger partial charge >= 0.3 is 5.97 Å². The van der Waals surface area contributed by atoms with Crippen molar-refractivity contribution in [2.24, 2.45) is 0 Å². The Morgan fingerprint density at radius 3 is 2.87 bits per heavy atom. The summed E-state index contributed by atoms with van der Waals surface area (Å²) in [6.45, 7) is 3.48. The van der Waals surface area contributed by atoms with Gasteiger partial charge in [-0.15, -0.1) is 0 Å². The van der Waals surface area contributed by atoms with E-state index in [1.165, 1.54) is 0 Å². The fourth-order valence-electron chi connectivity index (χ4n) is 2.29. The third kappa shape index (κ3) is 2.85. The second-order valence-electron chi connectivity index (χ2n) is 5.12. The number of ether oxygens (including phenoxy) is 2. The molecule has 1 aromatic heterocycles. The molecule has 2 aromatic rings. The van der Waals surface area contributed by atoms with Crippen molar-refractivity contribution >= 4 is 17.8 Å². The Hall–Kier alpha value is -2.95. The number of aromatic nitrogens is 1. The molecule has 0 fully saturated rings. The zero-order valence-corrected chi connectivity index (χ0v) is 12.8. The number of allylic oxidation sites excluding steroid dienone is 1. The average molecular weight is 309 g/mol. The first-order valence-electron chi connectivity index (χ1n) is 7.28. The Balaban J connectivity index is 1.95. The van der Waals surface area contributed by atoms with Gasteiger partial charge in [-0.3, -0.25) is 14.6 Å². The van der Waals surface area contributed by atoms with E-state index >= 15 is 0 Å². The average Bonchev–Trinajstić information content (AvgIpc) is 2.88. The van der Waals surface area contributed by atoms with E-state index in [1.807, 2.05) is 6.07 Å². The molecule has 0 bridgehead atoms. The van der Waals surface area contributed by atoms with Crippen LogP contribution in [0, 0.1) is 6.92 Å². The van der Waals surface area contributed by atoms with E-state index in [9.17, 15) is 9.59 Å². The summed E-state index contributed by atoms with van der Waals surface area (Å²) in [4.78, 5) is 27.9. The molecule has 0 N–H and O–H groups in total. The molecule has 116 valence electrons. The molecule has 5 heteroatoms. The number of fused-ring (bicyclic) bond motifs is 1. The van der Waals surface area contributed by atoms with Crippen molar-refractivity contribution in [1.82, 2.24) is 4.98 Å². The lowest BCUT2D eigenvalue weighted by Gasteiger charge is -2.09. The number of benzene rings is 1. The lowest BCUT2D eigenvalue weighted by Crippen LogP contribution is -2.06. The van der Waals surface area contributed by atoms with Crippen LogP contribution in [0.5, 0.6) is 11.5 Å². The molecule has 2 heterocycles. The van der Waals surface area contributed by atoms with Crippen molar-refractivity contribution in [3.8, 4) is 11.5 Å². The van der Waals surface area contributed by atoms with Crippen molar-refractivity contribution in [1.29, 1.82) is 0 Å². The van der Waals surface area contributed by atoms with Gasteiger partial charge in [-0.05, 0) is 36.8 Å². The summed E-state index contributed by atoms with van der Waals surface area (Å²) in [5.41, 5.74) is 1.88. The van der Waals surface area contributed by atoms with Gasteiger partial charge in [0.2, 0.25) is 5.78 Å². The Morgan fingerprint density at radius 1 is 1.35 bits per heavy atom. The van der Waals surface area contributed by atoms with Crippen LogP contribution in [0.15, 0.2) is 42.4 Å². The molecule has 0 aliphatic carbocycles. The van der Waals surface area contributed by atoms with Gasteiger partial charge in [-0.25, -0.2) is 0 Å². The highest BCUT2D eigenvalue weighted by molar-refractivity contribution is 6.15. The van der Waals surface area contributed by atoms with Gasteiger partial charge in [-0.2, -0.15) is 0 Å². The van der Waals surface area contributed by atoms with Crippen LogP contribution >= 0.6 is 0 Å². The predicted molar refractivity (Wildman–Crippen MR) is 84.3 cm³/mol. The molecule has 3 rings (SSSR count). The smallest absolute Gasteiger partial charge is 0.310 e. The quantitative estimate of drug-likeness (QED) is 0.494. The van der Waals surface area contributed by atoms with Crippen molar-refractivity contribution in [3.63, 3.8) is 0 Å². The molecule has 0 atom stereocenters. The van der Waals surface area contributed by atoms with E-state index in [-0.39, 0.29) is 23.9 Å². The van der Waals surface area contributed by atoms with Gasteiger partial charge in [-0.1, -0.05) is 13.0 Å². The highest BCUT2D eigenvalue weighted by Gasteiger charge is 2.30. The number of ketones is 1. The normalized spacial score (nSPS) is 14.5. The SMILES string of the molecule is CCC(=O)Oc1ccc2c(c1C)O/C(=C\c1cccnc1)C2=O.